The molecule has 3 amide bonds. The first-order valence-corrected chi connectivity index (χ1v) is 10.9. The van der Waals surface area contributed by atoms with Crippen molar-refractivity contribution in [3.8, 4) is 5.69 Å². The summed E-state index contributed by atoms with van der Waals surface area (Å²) in [7, 11) is 0. The summed E-state index contributed by atoms with van der Waals surface area (Å²) in [6.45, 7) is 0. The monoisotopic (exact) mass is 455 g/mol. The zero-order valence-corrected chi connectivity index (χ0v) is 17.8. The maximum Gasteiger partial charge on any atom is 0.321 e. The van der Waals surface area contributed by atoms with Crippen LogP contribution >= 0.6 is 23.4 Å². The van der Waals surface area contributed by atoms with Gasteiger partial charge in [-0.15, -0.1) is 10.2 Å². The lowest BCUT2D eigenvalue weighted by Gasteiger charge is -2.23. The van der Waals surface area contributed by atoms with Gasteiger partial charge in [-0.3, -0.25) is 19.5 Å². The molecular weight excluding hydrogens is 438 g/mol. The van der Waals surface area contributed by atoms with E-state index in [4.69, 9.17) is 11.6 Å². The van der Waals surface area contributed by atoms with Crippen molar-refractivity contribution in [3.05, 3.63) is 71.0 Å². The number of imide groups is 1. The number of Topliss-reactive ketones (excluding diaryl/α,β-unsaturated/α-hetero) is 1. The number of aromatic nitrogens is 3. The molecule has 4 rings (SSSR count). The molecule has 0 spiro atoms. The van der Waals surface area contributed by atoms with Crippen LogP contribution in [0.1, 0.15) is 22.6 Å². The molecule has 0 aliphatic carbocycles. The Morgan fingerprint density at radius 2 is 1.84 bits per heavy atom. The van der Waals surface area contributed by atoms with Crippen LogP contribution in [0, 0.1) is 0 Å². The largest absolute Gasteiger partial charge is 0.334 e. The number of amides is 3. The van der Waals surface area contributed by atoms with Crippen LogP contribution in [0.4, 0.5) is 4.79 Å². The summed E-state index contributed by atoms with van der Waals surface area (Å²) in [6.07, 6.45) is 0.455. The minimum Gasteiger partial charge on any atom is -0.334 e. The van der Waals surface area contributed by atoms with Crippen LogP contribution in [0.15, 0.2) is 59.8 Å². The van der Waals surface area contributed by atoms with Crippen molar-refractivity contribution in [1.82, 2.24) is 25.4 Å². The predicted molar refractivity (Wildman–Crippen MR) is 117 cm³/mol. The van der Waals surface area contributed by atoms with Crippen molar-refractivity contribution in [2.45, 2.75) is 24.0 Å². The highest BCUT2D eigenvalue weighted by molar-refractivity contribution is 7.99. The highest BCUT2D eigenvalue weighted by Crippen LogP contribution is 2.25. The molecule has 1 fully saturated rings. The quantitative estimate of drug-likeness (QED) is 0.419. The molecular formula is C21H18ClN5O3S. The molecule has 3 aromatic rings. The molecule has 1 aliphatic heterocycles. The van der Waals surface area contributed by atoms with Gasteiger partial charge in [-0.2, -0.15) is 0 Å². The molecule has 2 N–H and O–H groups in total. The van der Waals surface area contributed by atoms with Crippen molar-refractivity contribution < 1.29 is 14.4 Å². The summed E-state index contributed by atoms with van der Waals surface area (Å²) in [5, 5.41) is 14.6. The maximum absolute atomic E-state index is 12.5. The molecule has 1 atom stereocenters. The Bertz CT molecular complexity index is 1100. The van der Waals surface area contributed by atoms with Crippen molar-refractivity contribution in [3.63, 3.8) is 0 Å². The second kappa shape index (κ2) is 9.32. The third-order valence-corrected chi connectivity index (χ3v) is 5.84. The predicted octanol–water partition coefficient (Wildman–Crippen LogP) is 3.04. The summed E-state index contributed by atoms with van der Waals surface area (Å²) < 4.78 is 1.82. The van der Waals surface area contributed by atoms with E-state index in [-0.39, 0.29) is 23.9 Å². The van der Waals surface area contributed by atoms with Crippen LogP contribution < -0.4 is 10.6 Å². The molecule has 8 nitrogen and oxygen atoms in total. The molecule has 158 valence electrons. The highest BCUT2D eigenvalue weighted by atomic mass is 35.5. The number of hydrogen-bond acceptors (Lipinski definition) is 6. The van der Waals surface area contributed by atoms with Gasteiger partial charge in [0.2, 0.25) is 5.91 Å². The molecule has 1 saturated heterocycles. The van der Waals surface area contributed by atoms with Crippen molar-refractivity contribution >= 4 is 41.1 Å². The summed E-state index contributed by atoms with van der Waals surface area (Å²) in [5.74, 6) is 0.401. The molecule has 0 bridgehead atoms. The van der Waals surface area contributed by atoms with E-state index in [1.165, 1.54) is 11.8 Å². The number of carbonyl (C=O) groups excluding carboxylic acids is 3. The van der Waals surface area contributed by atoms with Gasteiger partial charge in [-0.1, -0.05) is 53.7 Å². The normalized spacial score (nSPS) is 16.0. The van der Waals surface area contributed by atoms with Crippen molar-refractivity contribution in [2.75, 3.05) is 5.75 Å². The molecule has 1 aromatic heterocycles. The first-order chi connectivity index (χ1) is 15.0. The smallest absolute Gasteiger partial charge is 0.321 e. The van der Waals surface area contributed by atoms with Crippen LogP contribution in [-0.4, -0.2) is 44.3 Å². The number of urea groups is 1. The molecule has 1 unspecified atom stereocenters. The third kappa shape index (κ3) is 5.12. The van der Waals surface area contributed by atoms with Gasteiger partial charge in [0.25, 0.3) is 0 Å². The van der Waals surface area contributed by atoms with Crippen LogP contribution in [0.5, 0.6) is 0 Å². The van der Waals surface area contributed by atoms with Crippen molar-refractivity contribution in [2.24, 2.45) is 0 Å². The number of nitrogens with zero attached hydrogens (tertiary/aromatic N) is 3. The Kier molecular flexibility index (Phi) is 6.34. The number of carbonyl (C=O) groups is 3. The topological polar surface area (TPSA) is 106 Å². The Balaban J connectivity index is 1.59. The third-order valence-electron chi connectivity index (χ3n) is 4.66. The van der Waals surface area contributed by atoms with Gasteiger partial charge in [0.1, 0.15) is 5.82 Å². The lowest BCUT2D eigenvalue weighted by atomic mass is 10.1. The summed E-state index contributed by atoms with van der Waals surface area (Å²) in [5.41, 5.74) is 1.40. The number of nitrogens with one attached hydrogen (secondary N) is 2. The Labute approximate surface area is 187 Å². The zero-order valence-electron chi connectivity index (χ0n) is 16.2. The highest BCUT2D eigenvalue weighted by Gasteiger charge is 2.27. The zero-order chi connectivity index (χ0) is 21.8. The van der Waals surface area contributed by atoms with Crippen LogP contribution in [-0.2, 0) is 11.2 Å². The van der Waals surface area contributed by atoms with Gasteiger partial charge < -0.3 is 5.32 Å². The van der Waals surface area contributed by atoms with E-state index in [2.05, 4.69) is 20.8 Å². The fourth-order valence-electron chi connectivity index (χ4n) is 3.23. The average molecular weight is 456 g/mol. The fourth-order valence-corrected chi connectivity index (χ4v) is 4.22. The van der Waals surface area contributed by atoms with Gasteiger partial charge in [0.15, 0.2) is 10.9 Å². The van der Waals surface area contributed by atoms with E-state index < -0.39 is 12.1 Å². The van der Waals surface area contributed by atoms with E-state index in [0.29, 0.717) is 28.0 Å². The minimum atomic E-state index is -0.526. The van der Waals surface area contributed by atoms with Crippen LogP contribution in [0.3, 0.4) is 0 Å². The molecule has 0 radical (unpaired) electrons. The Morgan fingerprint density at radius 1 is 1.10 bits per heavy atom. The molecule has 0 saturated carbocycles. The van der Waals surface area contributed by atoms with Gasteiger partial charge in [0.05, 0.1) is 5.75 Å². The average Bonchev–Trinajstić information content (AvgIpc) is 3.14. The number of benzene rings is 2. The molecule has 2 aromatic carbocycles. The lowest BCUT2D eigenvalue weighted by Crippen LogP contribution is -2.53. The molecule has 1 aliphatic rings. The molecule has 31 heavy (non-hydrogen) atoms. The van der Waals surface area contributed by atoms with Crippen molar-refractivity contribution in [1.29, 1.82) is 0 Å². The van der Waals surface area contributed by atoms with E-state index in [9.17, 15) is 14.4 Å². The molecule has 2 heterocycles. The van der Waals surface area contributed by atoms with Gasteiger partial charge in [-0.05, 0) is 24.3 Å². The van der Waals surface area contributed by atoms with E-state index in [0.717, 1.165) is 5.69 Å². The number of halogens is 1. The number of rotatable bonds is 7. The first kappa shape index (κ1) is 21.1. The van der Waals surface area contributed by atoms with E-state index in [1.807, 2.05) is 34.9 Å². The first-order valence-electron chi connectivity index (χ1n) is 9.51. The number of ketones is 1. The number of hydrogen-bond donors (Lipinski definition) is 2. The number of thioether (sulfide) groups is 1. The summed E-state index contributed by atoms with van der Waals surface area (Å²) in [6, 6.07) is 15.3. The van der Waals surface area contributed by atoms with E-state index >= 15 is 0 Å². The standard InChI is InChI=1S/C21H18ClN5O3S/c22-14-6-8-16(9-7-14)27-18(10-15-11-19(29)24-20(30)23-15)25-26-21(27)31-12-17(28)13-4-2-1-3-5-13/h1-9,15H,10-12H2,(H2,23,24,29,30). The lowest BCUT2D eigenvalue weighted by molar-refractivity contribution is -0.121. The second-order valence-electron chi connectivity index (χ2n) is 6.92. The second-order valence-corrected chi connectivity index (χ2v) is 8.29. The summed E-state index contributed by atoms with van der Waals surface area (Å²) in [4.78, 5) is 35.9. The summed E-state index contributed by atoms with van der Waals surface area (Å²) >= 11 is 7.30. The Hall–Kier alpha value is -3.17. The van der Waals surface area contributed by atoms with Gasteiger partial charge >= 0.3 is 6.03 Å². The SMILES string of the molecule is O=C1CC(Cc2nnc(SCC(=O)c3ccccc3)n2-c2ccc(Cl)cc2)NC(=O)N1. The Morgan fingerprint density at radius 3 is 2.55 bits per heavy atom. The van der Waals surface area contributed by atoms with Gasteiger partial charge in [0, 0.05) is 35.2 Å². The van der Waals surface area contributed by atoms with Gasteiger partial charge in [-0.25, -0.2) is 4.79 Å². The molecule has 10 heteroatoms. The van der Waals surface area contributed by atoms with E-state index in [1.54, 1.807) is 24.3 Å². The maximum atomic E-state index is 12.5. The van der Waals surface area contributed by atoms with Crippen LogP contribution in [0.2, 0.25) is 5.02 Å². The fraction of sp³-hybridized carbons (Fsp3) is 0.190. The van der Waals surface area contributed by atoms with Crippen LogP contribution in [0.25, 0.3) is 5.69 Å². The minimum absolute atomic E-state index is 0.0194.